The molecule has 0 bridgehead atoms. The van der Waals surface area contributed by atoms with Crippen molar-refractivity contribution in [1.82, 2.24) is 5.32 Å². The maximum atomic E-state index is 13.5. The van der Waals surface area contributed by atoms with Crippen LogP contribution < -0.4 is 5.32 Å². The molecule has 0 saturated heterocycles. The predicted octanol–water partition coefficient (Wildman–Crippen LogP) is 4.36. The zero-order valence-corrected chi connectivity index (χ0v) is 12.5. The Morgan fingerprint density at radius 3 is 2.52 bits per heavy atom. The van der Waals surface area contributed by atoms with Crippen LogP contribution in [0.4, 0.5) is 13.2 Å². The predicted molar refractivity (Wildman–Crippen MR) is 76.3 cm³/mol. The molecular formula is C15H11BrF3NO. The first-order valence-corrected chi connectivity index (χ1v) is 6.89. The van der Waals surface area contributed by atoms with Crippen molar-refractivity contribution in [3.05, 3.63) is 69.4 Å². The summed E-state index contributed by atoms with van der Waals surface area (Å²) in [6.45, 7) is 1.71. The first-order valence-electron chi connectivity index (χ1n) is 6.10. The molecule has 0 spiro atoms. The lowest BCUT2D eigenvalue weighted by molar-refractivity contribution is 0.0934. The van der Waals surface area contributed by atoms with Gasteiger partial charge in [-0.15, -0.1) is 0 Å². The first-order chi connectivity index (χ1) is 9.90. The molecule has 0 radical (unpaired) electrons. The summed E-state index contributed by atoms with van der Waals surface area (Å²) in [5.41, 5.74) is 0.261. The molecule has 110 valence electrons. The molecule has 1 atom stereocenters. The van der Waals surface area contributed by atoms with Gasteiger partial charge in [0, 0.05) is 4.47 Å². The number of halogens is 4. The minimum atomic E-state index is -1.65. The largest absolute Gasteiger partial charge is 0.345 e. The monoisotopic (exact) mass is 357 g/mol. The number of hydrogen-bond acceptors (Lipinski definition) is 1. The molecule has 0 unspecified atom stereocenters. The van der Waals surface area contributed by atoms with Crippen LogP contribution in [0.1, 0.15) is 28.9 Å². The normalized spacial score (nSPS) is 12.0. The van der Waals surface area contributed by atoms with Gasteiger partial charge in [0.05, 0.1) is 11.6 Å². The highest BCUT2D eigenvalue weighted by Gasteiger charge is 2.20. The number of benzene rings is 2. The van der Waals surface area contributed by atoms with Crippen LogP contribution in [0.15, 0.2) is 40.9 Å². The summed E-state index contributed by atoms with van der Waals surface area (Å²) in [4.78, 5) is 11.9. The third kappa shape index (κ3) is 3.44. The first kappa shape index (κ1) is 15.6. The van der Waals surface area contributed by atoms with Gasteiger partial charge in [0.15, 0.2) is 17.5 Å². The van der Waals surface area contributed by atoms with Crippen LogP contribution in [-0.4, -0.2) is 5.91 Å². The van der Waals surface area contributed by atoms with Gasteiger partial charge in [0.1, 0.15) is 0 Å². The number of hydrogen-bond donors (Lipinski definition) is 1. The number of rotatable bonds is 3. The van der Waals surface area contributed by atoms with Crippen molar-refractivity contribution in [2.75, 3.05) is 0 Å². The highest BCUT2D eigenvalue weighted by Crippen LogP contribution is 2.20. The zero-order chi connectivity index (χ0) is 15.6. The SMILES string of the molecule is C[C@@H](NC(=O)c1ccc(F)c(F)c1F)c1cccc(Br)c1. The molecule has 1 N–H and O–H groups in total. The Morgan fingerprint density at radius 1 is 1.14 bits per heavy atom. The summed E-state index contributed by atoms with van der Waals surface area (Å²) < 4.78 is 40.4. The van der Waals surface area contributed by atoms with Gasteiger partial charge in [0.2, 0.25) is 0 Å². The zero-order valence-electron chi connectivity index (χ0n) is 11.0. The summed E-state index contributed by atoms with van der Waals surface area (Å²) in [5.74, 6) is -5.28. The van der Waals surface area contributed by atoms with Crippen LogP contribution in [0.25, 0.3) is 0 Å². The van der Waals surface area contributed by atoms with Gasteiger partial charge in [-0.2, -0.15) is 0 Å². The Bertz CT molecular complexity index is 691. The summed E-state index contributed by atoms with van der Waals surface area (Å²) in [6, 6.07) is 8.42. The van der Waals surface area contributed by atoms with Crippen LogP contribution >= 0.6 is 15.9 Å². The quantitative estimate of drug-likeness (QED) is 0.812. The Balaban J connectivity index is 2.20. The van der Waals surface area contributed by atoms with Crippen molar-refractivity contribution in [3.63, 3.8) is 0 Å². The van der Waals surface area contributed by atoms with Crippen LogP contribution in [0.3, 0.4) is 0 Å². The van der Waals surface area contributed by atoms with Gasteiger partial charge in [-0.05, 0) is 36.8 Å². The van der Waals surface area contributed by atoms with Gasteiger partial charge in [-0.1, -0.05) is 28.1 Å². The molecule has 2 nitrogen and oxygen atoms in total. The molecular weight excluding hydrogens is 347 g/mol. The van der Waals surface area contributed by atoms with Gasteiger partial charge < -0.3 is 5.32 Å². The van der Waals surface area contributed by atoms with Crippen molar-refractivity contribution in [2.24, 2.45) is 0 Å². The second kappa shape index (κ2) is 6.30. The molecule has 0 saturated carbocycles. The fourth-order valence-electron chi connectivity index (χ4n) is 1.83. The van der Waals surface area contributed by atoms with Gasteiger partial charge in [0.25, 0.3) is 5.91 Å². The van der Waals surface area contributed by atoms with E-state index in [9.17, 15) is 18.0 Å². The minimum absolute atomic E-state index is 0.414. The van der Waals surface area contributed by atoms with E-state index < -0.39 is 35.0 Å². The average Bonchev–Trinajstić information content (AvgIpc) is 2.44. The van der Waals surface area contributed by atoms with Gasteiger partial charge in [-0.25, -0.2) is 13.2 Å². The van der Waals surface area contributed by atoms with Crippen LogP contribution in [0.2, 0.25) is 0 Å². The maximum Gasteiger partial charge on any atom is 0.254 e. The van der Waals surface area contributed by atoms with E-state index in [1.807, 2.05) is 6.07 Å². The molecule has 0 heterocycles. The number of amides is 1. The summed E-state index contributed by atoms with van der Waals surface area (Å²) in [6.07, 6.45) is 0. The Morgan fingerprint density at radius 2 is 1.86 bits per heavy atom. The minimum Gasteiger partial charge on any atom is -0.345 e. The topological polar surface area (TPSA) is 29.1 Å². The molecule has 2 rings (SSSR count). The number of carbonyl (C=O) groups excluding carboxylic acids is 1. The standard InChI is InChI=1S/C15H11BrF3NO/c1-8(9-3-2-4-10(16)7-9)20-15(21)11-5-6-12(17)14(19)13(11)18/h2-8H,1H3,(H,20,21)/t8-/m1/s1. The Kier molecular flexibility index (Phi) is 4.67. The Hall–Kier alpha value is -1.82. The second-order valence-corrected chi connectivity index (χ2v) is 5.39. The van der Waals surface area contributed by atoms with Gasteiger partial charge >= 0.3 is 0 Å². The third-order valence-corrected chi connectivity index (χ3v) is 3.47. The van der Waals surface area contributed by atoms with E-state index >= 15 is 0 Å². The van der Waals surface area contributed by atoms with E-state index in [4.69, 9.17) is 0 Å². The lowest BCUT2D eigenvalue weighted by atomic mass is 10.1. The van der Waals surface area contributed by atoms with Gasteiger partial charge in [-0.3, -0.25) is 4.79 Å². The summed E-state index contributed by atoms with van der Waals surface area (Å²) in [7, 11) is 0. The highest BCUT2D eigenvalue weighted by atomic mass is 79.9. The molecule has 0 aliphatic heterocycles. The fourth-order valence-corrected chi connectivity index (χ4v) is 2.25. The average molecular weight is 358 g/mol. The van der Waals surface area contributed by atoms with Crippen LogP contribution in [0, 0.1) is 17.5 Å². The number of carbonyl (C=O) groups is 1. The molecule has 1 amide bonds. The van der Waals surface area contributed by atoms with Crippen molar-refractivity contribution < 1.29 is 18.0 Å². The lowest BCUT2D eigenvalue weighted by Crippen LogP contribution is -2.27. The van der Waals surface area contributed by atoms with Crippen molar-refractivity contribution >= 4 is 21.8 Å². The molecule has 0 aliphatic carbocycles. The highest BCUT2D eigenvalue weighted by molar-refractivity contribution is 9.10. The second-order valence-electron chi connectivity index (χ2n) is 4.47. The maximum absolute atomic E-state index is 13.5. The molecule has 6 heteroatoms. The van der Waals surface area contributed by atoms with E-state index in [0.29, 0.717) is 0 Å². The van der Waals surface area contributed by atoms with E-state index in [-0.39, 0.29) is 0 Å². The van der Waals surface area contributed by atoms with Crippen LogP contribution in [-0.2, 0) is 0 Å². The van der Waals surface area contributed by atoms with E-state index in [1.54, 1.807) is 25.1 Å². The summed E-state index contributed by atoms with van der Waals surface area (Å²) in [5, 5.41) is 2.54. The van der Waals surface area contributed by atoms with E-state index in [2.05, 4.69) is 21.2 Å². The molecule has 0 fully saturated rings. The van der Waals surface area contributed by atoms with Crippen molar-refractivity contribution in [1.29, 1.82) is 0 Å². The Labute approximate surface area is 128 Å². The molecule has 0 aromatic heterocycles. The summed E-state index contributed by atoms with van der Waals surface area (Å²) >= 11 is 3.31. The third-order valence-electron chi connectivity index (χ3n) is 2.98. The van der Waals surface area contributed by atoms with Crippen molar-refractivity contribution in [2.45, 2.75) is 13.0 Å². The van der Waals surface area contributed by atoms with Crippen LogP contribution in [0.5, 0.6) is 0 Å². The smallest absolute Gasteiger partial charge is 0.254 e. The molecule has 2 aromatic rings. The van der Waals surface area contributed by atoms with Crippen molar-refractivity contribution in [3.8, 4) is 0 Å². The molecule has 0 aliphatic rings. The van der Waals surface area contributed by atoms with E-state index in [0.717, 1.165) is 22.2 Å². The fraction of sp³-hybridized carbons (Fsp3) is 0.133. The molecule has 2 aromatic carbocycles. The van der Waals surface area contributed by atoms with E-state index in [1.165, 1.54) is 0 Å². The molecule has 21 heavy (non-hydrogen) atoms. The number of nitrogens with one attached hydrogen (secondary N) is 1. The lowest BCUT2D eigenvalue weighted by Gasteiger charge is -2.15.